The molecule has 94 valence electrons. The van der Waals surface area contributed by atoms with Gasteiger partial charge in [0.15, 0.2) is 0 Å². The highest BCUT2D eigenvalue weighted by Gasteiger charge is 1.98. The maximum atomic E-state index is 8.81. The van der Waals surface area contributed by atoms with Crippen molar-refractivity contribution in [3.05, 3.63) is 65.2 Å². The van der Waals surface area contributed by atoms with Crippen molar-refractivity contribution < 1.29 is 4.74 Å². The van der Waals surface area contributed by atoms with Crippen LogP contribution in [-0.4, -0.2) is 6.21 Å². The van der Waals surface area contributed by atoms with E-state index in [1.807, 2.05) is 42.5 Å². The summed E-state index contributed by atoms with van der Waals surface area (Å²) in [5.74, 6) is 5.83. The van der Waals surface area contributed by atoms with Gasteiger partial charge < -0.3 is 10.6 Å². The van der Waals surface area contributed by atoms with Crippen molar-refractivity contribution >= 4 is 6.21 Å². The Hall–Kier alpha value is -2.80. The second kappa shape index (κ2) is 6.22. The van der Waals surface area contributed by atoms with Crippen molar-refractivity contribution in [3.8, 4) is 11.8 Å². The third-order valence-electron chi connectivity index (χ3n) is 2.57. The molecule has 2 N–H and O–H groups in total. The van der Waals surface area contributed by atoms with Crippen LogP contribution in [0.15, 0.2) is 53.6 Å². The predicted octanol–water partition coefficient (Wildman–Crippen LogP) is 2.43. The molecule has 0 saturated heterocycles. The number of nitriles is 1. The molecule has 0 fully saturated rings. The molecule has 0 aromatic heterocycles. The van der Waals surface area contributed by atoms with Gasteiger partial charge in [0, 0.05) is 0 Å². The lowest BCUT2D eigenvalue weighted by Gasteiger charge is -2.06. The van der Waals surface area contributed by atoms with E-state index in [9.17, 15) is 0 Å². The van der Waals surface area contributed by atoms with Gasteiger partial charge in [-0.05, 0) is 47.5 Å². The predicted molar refractivity (Wildman–Crippen MR) is 73.7 cm³/mol. The molecule has 4 nitrogen and oxygen atoms in total. The average molecular weight is 251 g/mol. The van der Waals surface area contributed by atoms with Gasteiger partial charge in [0.2, 0.25) is 0 Å². The van der Waals surface area contributed by atoms with Crippen LogP contribution in [0.2, 0.25) is 0 Å². The smallest absolute Gasteiger partial charge is 0.119 e. The fourth-order valence-electron chi connectivity index (χ4n) is 1.63. The van der Waals surface area contributed by atoms with Gasteiger partial charge in [-0.2, -0.15) is 10.4 Å². The number of benzene rings is 2. The van der Waals surface area contributed by atoms with Crippen molar-refractivity contribution in [2.75, 3.05) is 0 Å². The summed E-state index contributed by atoms with van der Waals surface area (Å²) in [5, 5.41) is 12.3. The van der Waals surface area contributed by atoms with Crippen molar-refractivity contribution in [1.29, 1.82) is 5.26 Å². The zero-order valence-electron chi connectivity index (χ0n) is 10.3. The minimum Gasteiger partial charge on any atom is -0.489 e. The molecule has 0 heterocycles. The minimum absolute atomic E-state index is 0.430. The largest absolute Gasteiger partial charge is 0.489 e. The van der Waals surface area contributed by atoms with E-state index in [1.165, 1.54) is 0 Å². The van der Waals surface area contributed by atoms with E-state index in [0.29, 0.717) is 12.2 Å². The summed E-state index contributed by atoms with van der Waals surface area (Å²) in [6.07, 6.45) is 1.57. The summed E-state index contributed by atoms with van der Waals surface area (Å²) in [5.41, 5.74) is 2.52. The van der Waals surface area contributed by atoms with Gasteiger partial charge in [-0.15, -0.1) is 0 Å². The third-order valence-corrected chi connectivity index (χ3v) is 2.57. The normalized spacial score (nSPS) is 10.3. The van der Waals surface area contributed by atoms with Gasteiger partial charge in [0.05, 0.1) is 17.8 Å². The van der Waals surface area contributed by atoms with Crippen LogP contribution >= 0.6 is 0 Å². The second-order valence-corrected chi connectivity index (χ2v) is 3.95. The van der Waals surface area contributed by atoms with Crippen LogP contribution in [0, 0.1) is 11.3 Å². The maximum absolute atomic E-state index is 8.81. The van der Waals surface area contributed by atoms with Gasteiger partial charge in [-0.1, -0.05) is 12.1 Å². The molecule has 0 amide bonds. The Balaban J connectivity index is 2.00. The Morgan fingerprint density at radius 2 is 2.00 bits per heavy atom. The van der Waals surface area contributed by atoms with Crippen molar-refractivity contribution in [2.24, 2.45) is 10.9 Å². The number of hydrogen-bond acceptors (Lipinski definition) is 4. The number of rotatable bonds is 4. The molecule has 0 aliphatic heterocycles. The molecule has 0 unspecified atom stereocenters. The number of nitrogens with zero attached hydrogens (tertiary/aromatic N) is 2. The number of nitrogens with two attached hydrogens (primary N) is 1. The Labute approximate surface area is 111 Å². The molecular weight excluding hydrogens is 238 g/mol. The molecule has 2 aromatic rings. The molecule has 4 heteroatoms. The first kappa shape index (κ1) is 12.7. The van der Waals surface area contributed by atoms with Crippen LogP contribution in [0.5, 0.6) is 5.75 Å². The summed E-state index contributed by atoms with van der Waals surface area (Å²) in [6.45, 7) is 0.430. The first-order valence-electron chi connectivity index (χ1n) is 5.77. The summed E-state index contributed by atoms with van der Waals surface area (Å²) >= 11 is 0. The molecule has 19 heavy (non-hydrogen) atoms. The quantitative estimate of drug-likeness (QED) is 0.515. The van der Waals surface area contributed by atoms with Crippen molar-refractivity contribution in [2.45, 2.75) is 6.61 Å². The number of ether oxygens (including phenoxy) is 1. The third kappa shape index (κ3) is 3.58. The van der Waals surface area contributed by atoms with Crippen molar-refractivity contribution in [1.82, 2.24) is 0 Å². The van der Waals surface area contributed by atoms with Gasteiger partial charge in [0.1, 0.15) is 12.4 Å². The highest BCUT2D eigenvalue weighted by Crippen LogP contribution is 2.14. The zero-order chi connectivity index (χ0) is 13.5. The standard InChI is InChI=1S/C15H13N3O/c16-9-13-2-1-3-14(8-13)11-19-15-6-4-12(5-7-15)10-18-17/h1-8,10H,11,17H2. The van der Waals surface area contributed by atoms with E-state index in [-0.39, 0.29) is 0 Å². The van der Waals surface area contributed by atoms with E-state index in [1.54, 1.807) is 12.3 Å². The SMILES string of the molecule is N#Cc1cccc(COc2ccc(C=NN)cc2)c1. The summed E-state index contributed by atoms with van der Waals surface area (Å²) in [7, 11) is 0. The van der Waals surface area contributed by atoms with E-state index >= 15 is 0 Å². The highest BCUT2D eigenvalue weighted by molar-refractivity contribution is 5.79. The van der Waals surface area contributed by atoms with Crippen molar-refractivity contribution in [3.63, 3.8) is 0 Å². The lowest BCUT2D eigenvalue weighted by Crippen LogP contribution is -1.96. The van der Waals surface area contributed by atoms with E-state index in [2.05, 4.69) is 11.2 Å². The Bertz CT molecular complexity index is 612. The lowest BCUT2D eigenvalue weighted by molar-refractivity contribution is 0.306. The lowest BCUT2D eigenvalue weighted by atomic mass is 10.1. The Morgan fingerprint density at radius 3 is 2.68 bits per heavy atom. The molecule has 2 rings (SSSR count). The summed E-state index contributed by atoms with van der Waals surface area (Å²) in [4.78, 5) is 0. The highest BCUT2D eigenvalue weighted by atomic mass is 16.5. The monoisotopic (exact) mass is 251 g/mol. The summed E-state index contributed by atoms with van der Waals surface area (Å²) < 4.78 is 5.64. The maximum Gasteiger partial charge on any atom is 0.119 e. The van der Waals surface area contributed by atoms with Crippen LogP contribution in [0.3, 0.4) is 0 Å². The van der Waals surface area contributed by atoms with E-state index < -0.39 is 0 Å². The van der Waals surface area contributed by atoms with Crippen LogP contribution in [0.4, 0.5) is 0 Å². The number of hydrogen-bond donors (Lipinski definition) is 1. The molecule has 0 aliphatic rings. The van der Waals surface area contributed by atoms with Gasteiger partial charge >= 0.3 is 0 Å². The Morgan fingerprint density at radius 1 is 1.21 bits per heavy atom. The van der Waals surface area contributed by atoms with Gasteiger partial charge in [0.25, 0.3) is 0 Å². The van der Waals surface area contributed by atoms with Crippen LogP contribution in [-0.2, 0) is 6.61 Å². The molecule has 0 aliphatic carbocycles. The molecule has 0 spiro atoms. The molecule has 0 atom stereocenters. The molecular formula is C15H13N3O. The Kier molecular flexibility index (Phi) is 4.14. The first-order chi connectivity index (χ1) is 9.31. The average Bonchev–Trinajstić information content (AvgIpc) is 2.47. The van der Waals surface area contributed by atoms with Gasteiger partial charge in [-0.3, -0.25) is 0 Å². The van der Waals surface area contributed by atoms with Crippen LogP contribution < -0.4 is 10.6 Å². The van der Waals surface area contributed by atoms with E-state index in [0.717, 1.165) is 16.9 Å². The summed E-state index contributed by atoms with van der Waals surface area (Å²) in [6, 6.07) is 16.9. The molecule has 0 radical (unpaired) electrons. The molecule has 2 aromatic carbocycles. The fourth-order valence-corrected chi connectivity index (χ4v) is 1.63. The minimum atomic E-state index is 0.430. The van der Waals surface area contributed by atoms with E-state index in [4.69, 9.17) is 15.8 Å². The topological polar surface area (TPSA) is 71.4 Å². The second-order valence-electron chi connectivity index (χ2n) is 3.95. The van der Waals surface area contributed by atoms with Crippen LogP contribution in [0.25, 0.3) is 0 Å². The molecule has 0 saturated carbocycles. The van der Waals surface area contributed by atoms with Gasteiger partial charge in [-0.25, -0.2) is 0 Å². The fraction of sp³-hybridized carbons (Fsp3) is 0.0667. The first-order valence-corrected chi connectivity index (χ1v) is 5.77. The molecule has 0 bridgehead atoms. The number of hydrazone groups is 1. The zero-order valence-corrected chi connectivity index (χ0v) is 10.3. The van der Waals surface area contributed by atoms with Crippen LogP contribution in [0.1, 0.15) is 16.7 Å².